The number of amides is 1. The third kappa shape index (κ3) is 4.99. The lowest BCUT2D eigenvalue weighted by Gasteiger charge is -2.23. The van der Waals surface area contributed by atoms with Crippen LogP contribution in [0.5, 0.6) is 0 Å². The molecule has 0 saturated heterocycles. The molecule has 1 N–H and O–H groups in total. The first-order chi connectivity index (χ1) is 8.42. The quantitative estimate of drug-likeness (QED) is 0.638. The van der Waals surface area contributed by atoms with Crippen LogP contribution in [0.2, 0.25) is 0 Å². The Labute approximate surface area is 107 Å². The van der Waals surface area contributed by atoms with Gasteiger partial charge in [-0.3, -0.25) is 4.79 Å². The maximum absolute atomic E-state index is 11.9. The van der Waals surface area contributed by atoms with Gasteiger partial charge in [-0.1, -0.05) is 30.3 Å². The van der Waals surface area contributed by atoms with Gasteiger partial charge >= 0.3 is 5.97 Å². The van der Waals surface area contributed by atoms with Crippen molar-refractivity contribution >= 4 is 12.4 Å². The van der Waals surface area contributed by atoms with Gasteiger partial charge in [-0.05, 0) is 26.3 Å². The van der Waals surface area contributed by atoms with E-state index >= 15 is 0 Å². The van der Waals surface area contributed by atoms with E-state index in [4.69, 9.17) is 4.74 Å². The predicted octanol–water partition coefficient (Wildman–Crippen LogP) is 1.69. The van der Waals surface area contributed by atoms with Gasteiger partial charge in [-0.15, -0.1) is 0 Å². The van der Waals surface area contributed by atoms with E-state index in [1.165, 1.54) is 0 Å². The summed E-state index contributed by atoms with van der Waals surface area (Å²) in [5, 5.41) is 2.50. The van der Waals surface area contributed by atoms with Crippen LogP contribution in [-0.4, -0.2) is 24.0 Å². The molecule has 0 saturated carbocycles. The summed E-state index contributed by atoms with van der Waals surface area (Å²) >= 11 is 0. The molecule has 1 atom stereocenters. The third-order valence-corrected chi connectivity index (χ3v) is 2.24. The summed E-state index contributed by atoms with van der Waals surface area (Å²) in [7, 11) is 0. The molecule has 0 fully saturated rings. The standard InChI is InChI=1S/C14H19NO3/c1-14(2,3)18-13(17)12(15-10-16)9-11-7-5-4-6-8-11/h4-8,10,12H,9H2,1-3H3,(H,15,16)/t12-/m0/s1. The van der Waals surface area contributed by atoms with E-state index in [0.29, 0.717) is 12.8 Å². The molecule has 0 aromatic heterocycles. The predicted molar refractivity (Wildman–Crippen MR) is 69.0 cm³/mol. The molecule has 1 rings (SSSR count). The summed E-state index contributed by atoms with van der Waals surface area (Å²) in [6, 6.07) is 8.85. The Hall–Kier alpha value is -1.84. The summed E-state index contributed by atoms with van der Waals surface area (Å²) in [4.78, 5) is 22.5. The summed E-state index contributed by atoms with van der Waals surface area (Å²) < 4.78 is 5.26. The Morgan fingerprint density at radius 3 is 2.44 bits per heavy atom. The molecular weight excluding hydrogens is 230 g/mol. The first kappa shape index (κ1) is 14.2. The molecule has 4 nitrogen and oxygen atoms in total. The monoisotopic (exact) mass is 249 g/mol. The number of ether oxygens (including phenoxy) is 1. The SMILES string of the molecule is CC(C)(C)OC(=O)[C@H](Cc1ccccc1)NC=O. The number of carbonyl (C=O) groups is 2. The van der Waals surface area contributed by atoms with Crippen molar-refractivity contribution in [2.75, 3.05) is 0 Å². The van der Waals surface area contributed by atoms with Crippen molar-refractivity contribution < 1.29 is 14.3 Å². The van der Waals surface area contributed by atoms with Crippen molar-refractivity contribution in [2.24, 2.45) is 0 Å². The van der Waals surface area contributed by atoms with Gasteiger partial charge in [-0.25, -0.2) is 4.79 Å². The maximum atomic E-state index is 11.9. The lowest BCUT2D eigenvalue weighted by Crippen LogP contribution is -2.42. The molecule has 0 aliphatic rings. The van der Waals surface area contributed by atoms with Crippen molar-refractivity contribution in [2.45, 2.75) is 38.8 Å². The average Bonchev–Trinajstić information content (AvgIpc) is 2.27. The van der Waals surface area contributed by atoms with E-state index in [2.05, 4.69) is 5.32 Å². The minimum atomic E-state index is -0.649. The van der Waals surface area contributed by atoms with Crippen molar-refractivity contribution in [3.05, 3.63) is 35.9 Å². The Morgan fingerprint density at radius 1 is 1.33 bits per heavy atom. The van der Waals surface area contributed by atoms with Crippen LogP contribution in [0.1, 0.15) is 26.3 Å². The molecule has 0 aliphatic carbocycles. The smallest absolute Gasteiger partial charge is 0.329 e. The molecule has 0 unspecified atom stereocenters. The highest BCUT2D eigenvalue weighted by Gasteiger charge is 2.24. The molecule has 18 heavy (non-hydrogen) atoms. The second-order valence-electron chi connectivity index (χ2n) is 5.06. The van der Waals surface area contributed by atoms with Gasteiger partial charge in [0.15, 0.2) is 0 Å². The lowest BCUT2D eigenvalue weighted by molar-refractivity contribution is -0.158. The van der Waals surface area contributed by atoms with E-state index in [-0.39, 0.29) is 0 Å². The van der Waals surface area contributed by atoms with Crippen LogP contribution in [-0.2, 0) is 20.7 Å². The molecule has 0 spiro atoms. The molecular formula is C14H19NO3. The zero-order valence-corrected chi connectivity index (χ0v) is 11.0. The van der Waals surface area contributed by atoms with Crippen molar-refractivity contribution in [3.63, 3.8) is 0 Å². The van der Waals surface area contributed by atoms with Gasteiger partial charge in [-0.2, -0.15) is 0 Å². The number of benzene rings is 1. The van der Waals surface area contributed by atoms with E-state index < -0.39 is 17.6 Å². The Bertz CT molecular complexity index is 395. The molecule has 0 radical (unpaired) electrons. The van der Waals surface area contributed by atoms with Gasteiger partial charge in [0.05, 0.1) is 0 Å². The first-order valence-electron chi connectivity index (χ1n) is 5.89. The average molecular weight is 249 g/mol. The highest BCUT2D eigenvalue weighted by molar-refractivity contribution is 5.79. The number of nitrogens with one attached hydrogen (secondary N) is 1. The summed E-state index contributed by atoms with van der Waals surface area (Å²) in [6.45, 7) is 5.39. The first-order valence-corrected chi connectivity index (χ1v) is 5.89. The van der Waals surface area contributed by atoms with Gasteiger partial charge in [0.2, 0.25) is 6.41 Å². The van der Waals surface area contributed by atoms with E-state index in [1.807, 2.05) is 30.3 Å². The van der Waals surface area contributed by atoms with E-state index in [0.717, 1.165) is 5.56 Å². The number of hydrogen-bond donors (Lipinski definition) is 1. The van der Waals surface area contributed by atoms with Crippen LogP contribution in [0, 0.1) is 0 Å². The lowest BCUT2D eigenvalue weighted by atomic mass is 10.1. The fraction of sp³-hybridized carbons (Fsp3) is 0.429. The van der Waals surface area contributed by atoms with Crippen molar-refractivity contribution in [1.29, 1.82) is 0 Å². The number of rotatable bonds is 5. The summed E-state index contributed by atoms with van der Waals surface area (Å²) in [6.07, 6.45) is 0.950. The Balaban J connectivity index is 2.71. The summed E-state index contributed by atoms with van der Waals surface area (Å²) in [5.41, 5.74) is 0.416. The fourth-order valence-corrected chi connectivity index (χ4v) is 1.52. The molecule has 4 heteroatoms. The van der Waals surface area contributed by atoms with Crippen LogP contribution in [0.4, 0.5) is 0 Å². The van der Waals surface area contributed by atoms with Gasteiger partial charge in [0, 0.05) is 6.42 Å². The van der Waals surface area contributed by atoms with Crippen molar-refractivity contribution in [3.8, 4) is 0 Å². The number of carbonyl (C=O) groups excluding carboxylic acids is 2. The van der Waals surface area contributed by atoms with Crippen LogP contribution in [0.3, 0.4) is 0 Å². The number of esters is 1. The zero-order chi connectivity index (χ0) is 13.6. The second-order valence-corrected chi connectivity index (χ2v) is 5.06. The maximum Gasteiger partial charge on any atom is 0.329 e. The highest BCUT2D eigenvalue weighted by Crippen LogP contribution is 2.11. The third-order valence-electron chi connectivity index (χ3n) is 2.24. The molecule has 0 aliphatic heterocycles. The minimum absolute atomic E-state index is 0.418. The molecule has 1 amide bonds. The number of hydrogen-bond acceptors (Lipinski definition) is 3. The van der Waals surface area contributed by atoms with Crippen molar-refractivity contribution in [1.82, 2.24) is 5.32 Å². The van der Waals surface area contributed by atoms with Crippen LogP contribution in [0.25, 0.3) is 0 Å². The Morgan fingerprint density at radius 2 is 1.94 bits per heavy atom. The summed E-state index contributed by atoms with van der Waals surface area (Å²) in [5.74, 6) is -0.418. The van der Waals surface area contributed by atoms with Crippen LogP contribution >= 0.6 is 0 Å². The van der Waals surface area contributed by atoms with Gasteiger partial charge in [0.1, 0.15) is 11.6 Å². The molecule has 1 aromatic carbocycles. The molecule has 0 bridgehead atoms. The van der Waals surface area contributed by atoms with E-state index in [1.54, 1.807) is 20.8 Å². The minimum Gasteiger partial charge on any atom is -0.458 e. The zero-order valence-electron chi connectivity index (χ0n) is 11.0. The fourth-order valence-electron chi connectivity index (χ4n) is 1.52. The normalized spacial score (nSPS) is 12.6. The van der Waals surface area contributed by atoms with E-state index in [9.17, 15) is 9.59 Å². The topological polar surface area (TPSA) is 55.4 Å². The highest BCUT2D eigenvalue weighted by atomic mass is 16.6. The second kappa shape index (κ2) is 6.19. The van der Waals surface area contributed by atoms with Gasteiger partial charge in [0.25, 0.3) is 0 Å². The van der Waals surface area contributed by atoms with Gasteiger partial charge < -0.3 is 10.1 Å². The van der Waals surface area contributed by atoms with Crippen LogP contribution < -0.4 is 5.32 Å². The molecule has 1 aromatic rings. The van der Waals surface area contributed by atoms with Crippen LogP contribution in [0.15, 0.2) is 30.3 Å². The Kier molecular flexibility index (Phi) is 4.89. The largest absolute Gasteiger partial charge is 0.458 e. The molecule has 98 valence electrons. The molecule has 0 heterocycles.